The summed E-state index contributed by atoms with van der Waals surface area (Å²) in [4.78, 5) is 24.8. The molecule has 5 heteroatoms. The number of benzene rings is 1. The Morgan fingerprint density at radius 2 is 2.05 bits per heavy atom. The Kier molecular flexibility index (Phi) is 6.71. The zero-order valence-electron chi connectivity index (χ0n) is 12.2. The molecule has 0 heterocycles. The van der Waals surface area contributed by atoms with Crippen molar-refractivity contribution in [3.8, 4) is 0 Å². The Labute approximate surface area is 128 Å². The third-order valence-corrected chi connectivity index (χ3v) is 3.84. The highest BCUT2D eigenvalue weighted by atomic mass is 79.9. The summed E-state index contributed by atoms with van der Waals surface area (Å²) < 4.78 is 0.969. The second kappa shape index (κ2) is 8.04. The van der Waals surface area contributed by atoms with E-state index in [0.717, 1.165) is 22.1 Å². The van der Waals surface area contributed by atoms with Gasteiger partial charge in [-0.2, -0.15) is 0 Å². The number of aryl methyl sites for hydroxylation is 1. The maximum atomic E-state index is 11.7. The molecule has 0 aromatic heterocycles. The van der Waals surface area contributed by atoms with Gasteiger partial charge in [0.2, 0.25) is 11.8 Å². The number of hydrogen-bond acceptors (Lipinski definition) is 2. The molecule has 0 aliphatic rings. The molecule has 0 atom stereocenters. The largest absolute Gasteiger partial charge is 0.354 e. The summed E-state index contributed by atoms with van der Waals surface area (Å²) in [5.74, 6) is -0.00779. The predicted molar refractivity (Wildman–Crippen MR) is 84.8 cm³/mol. The van der Waals surface area contributed by atoms with Crippen molar-refractivity contribution in [2.24, 2.45) is 0 Å². The molecule has 1 aromatic rings. The summed E-state index contributed by atoms with van der Waals surface area (Å²) in [5.41, 5.74) is 1.95. The second-order valence-corrected chi connectivity index (χ2v) is 5.56. The minimum atomic E-state index is -0.0366. The summed E-state index contributed by atoms with van der Waals surface area (Å²) >= 11 is 3.47. The van der Waals surface area contributed by atoms with E-state index < -0.39 is 0 Å². The van der Waals surface area contributed by atoms with Crippen molar-refractivity contribution < 1.29 is 9.59 Å². The third kappa shape index (κ3) is 4.96. The smallest absolute Gasteiger partial charge is 0.223 e. The molecule has 0 saturated heterocycles. The van der Waals surface area contributed by atoms with E-state index in [0.29, 0.717) is 19.5 Å². The van der Waals surface area contributed by atoms with Gasteiger partial charge < -0.3 is 10.2 Å². The quantitative estimate of drug-likeness (QED) is 0.865. The van der Waals surface area contributed by atoms with Crippen LogP contribution in [-0.2, 0) is 9.59 Å². The molecular weight excluding hydrogens is 320 g/mol. The third-order valence-electron chi connectivity index (χ3n) is 2.98. The fraction of sp³-hybridized carbons (Fsp3) is 0.467. The van der Waals surface area contributed by atoms with Crippen LogP contribution in [-0.4, -0.2) is 24.9 Å². The van der Waals surface area contributed by atoms with Gasteiger partial charge in [-0.3, -0.25) is 9.59 Å². The summed E-state index contributed by atoms with van der Waals surface area (Å²) in [5, 5.41) is 2.82. The van der Waals surface area contributed by atoms with Crippen LogP contribution in [0.1, 0.15) is 32.3 Å². The molecular formula is C15H21BrN2O2. The number of halogens is 1. The Balaban J connectivity index is 2.67. The van der Waals surface area contributed by atoms with Crippen LogP contribution in [0, 0.1) is 6.92 Å². The van der Waals surface area contributed by atoms with E-state index in [1.54, 1.807) is 4.90 Å². The van der Waals surface area contributed by atoms with Crippen molar-refractivity contribution in [3.05, 3.63) is 28.2 Å². The van der Waals surface area contributed by atoms with Crippen LogP contribution in [0.4, 0.5) is 5.69 Å². The van der Waals surface area contributed by atoms with E-state index in [1.807, 2.05) is 32.0 Å². The van der Waals surface area contributed by atoms with Gasteiger partial charge in [-0.15, -0.1) is 0 Å². The van der Waals surface area contributed by atoms with Crippen molar-refractivity contribution in [2.45, 2.75) is 33.6 Å². The topological polar surface area (TPSA) is 49.4 Å². The van der Waals surface area contributed by atoms with E-state index >= 15 is 0 Å². The van der Waals surface area contributed by atoms with Gasteiger partial charge in [-0.05, 0) is 31.0 Å². The number of rotatable bonds is 6. The lowest BCUT2D eigenvalue weighted by Gasteiger charge is -2.22. The monoisotopic (exact) mass is 340 g/mol. The molecule has 4 nitrogen and oxygen atoms in total. The number of amides is 2. The first-order valence-corrected chi connectivity index (χ1v) is 7.56. The second-order valence-electron chi connectivity index (χ2n) is 4.70. The predicted octanol–water partition coefficient (Wildman–Crippen LogP) is 3.03. The van der Waals surface area contributed by atoms with Gasteiger partial charge in [0.15, 0.2) is 0 Å². The lowest BCUT2D eigenvalue weighted by Crippen LogP contribution is -2.37. The molecule has 0 aliphatic heterocycles. The first-order chi connectivity index (χ1) is 9.45. The first-order valence-electron chi connectivity index (χ1n) is 6.76. The maximum absolute atomic E-state index is 11.7. The Morgan fingerprint density at radius 3 is 2.60 bits per heavy atom. The summed E-state index contributed by atoms with van der Waals surface area (Å²) in [6.07, 6.45) is 1.35. The molecule has 0 aliphatic carbocycles. The van der Waals surface area contributed by atoms with Gasteiger partial charge in [0.25, 0.3) is 0 Å². The summed E-state index contributed by atoms with van der Waals surface area (Å²) in [6, 6.07) is 5.80. The normalized spacial score (nSPS) is 10.2. The lowest BCUT2D eigenvalue weighted by atomic mass is 10.2. The molecule has 0 fully saturated rings. The number of hydrogen-bond donors (Lipinski definition) is 1. The standard InChI is InChI=1S/C15H21BrN2O2/c1-4-5-15(20)17-8-9-18(12(3)19)13-7-6-11(2)14(16)10-13/h6-7,10H,4-5,8-9H2,1-3H3,(H,17,20). The molecule has 0 bridgehead atoms. The molecule has 1 N–H and O–H groups in total. The molecule has 0 unspecified atom stereocenters. The van der Waals surface area contributed by atoms with Gasteiger partial charge in [0, 0.05) is 36.6 Å². The van der Waals surface area contributed by atoms with Crippen molar-refractivity contribution in [3.63, 3.8) is 0 Å². The van der Waals surface area contributed by atoms with Crippen molar-refractivity contribution in [2.75, 3.05) is 18.0 Å². The molecule has 0 radical (unpaired) electrons. The Bertz CT molecular complexity index is 489. The number of nitrogens with one attached hydrogen (secondary N) is 1. The number of carbonyl (C=O) groups is 2. The average molecular weight is 341 g/mol. The van der Waals surface area contributed by atoms with Gasteiger partial charge >= 0.3 is 0 Å². The highest BCUT2D eigenvalue weighted by Gasteiger charge is 2.12. The van der Waals surface area contributed by atoms with Gasteiger partial charge in [-0.25, -0.2) is 0 Å². The van der Waals surface area contributed by atoms with E-state index in [1.165, 1.54) is 6.92 Å². The molecule has 0 spiro atoms. The average Bonchev–Trinajstić information content (AvgIpc) is 2.38. The maximum Gasteiger partial charge on any atom is 0.223 e. The molecule has 1 rings (SSSR count). The molecule has 0 saturated carbocycles. The van der Waals surface area contributed by atoms with Crippen molar-refractivity contribution in [1.82, 2.24) is 5.32 Å². The van der Waals surface area contributed by atoms with Gasteiger partial charge in [0.1, 0.15) is 0 Å². The van der Waals surface area contributed by atoms with E-state index in [9.17, 15) is 9.59 Å². The molecule has 20 heavy (non-hydrogen) atoms. The minimum absolute atomic E-state index is 0.0288. The van der Waals surface area contributed by atoms with Crippen LogP contribution in [0.3, 0.4) is 0 Å². The minimum Gasteiger partial charge on any atom is -0.354 e. The first kappa shape index (κ1) is 16.7. The van der Waals surface area contributed by atoms with Crippen LogP contribution in [0.15, 0.2) is 22.7 Å². The Hall–Kier alpha value is -1.36. The van der Waals surface area contributed by atoms with E-state index in [-0.39, 0.29) is 11.8 Å². The van der Waals surface area contributed by atoms with Gasteiger partial charge in [-0.1, -0.05) is 28.9 Å². The van der Waals surface area contributed by atoms with Crippen LogP contribution >= 0.6 is 15.9 Å². The van der Waals surface area contributed by atoms with Crippen LogP contribution in [0.25, 0.3) is 0 Å². The zero-order chi connectivity index (χ0) is 15.1. The fourth-order valence-corrected chi connectivity index (χ4v) is 2.21. The van der Waals surface area contributed by atoms with Crippen molar-refractivity contribution in [1.29, 1.82) is 0 Å². The molecule has 110 valence electrons. The molecule has 1 aromatic carbocycles. The van der Waals surface area contributed by atoms with Crippen LogP contribution in [0.2, 0.25) is 0 Å². The van der Waals surface area contributed by atoms with Gasteiger partial charge in [0.05, 0.1) is 0 Å². The fourth-order valence-electron chi connectivity index (χ4n) is 1.84. The number of anilines is 1. The lowest BCUT2D eigenvalue weighted by molar-refractivity contribution is -0.121. The van der Waals surface area contributed by atoms with E-state index in [2.05, 4.69) is 21.2 Å². The zero-order valence-corrected chi connectivity index (χ0v) is 13.8. The van der Waals surface area contributed by atoms with Crippen LogP contribution in [0.5, 0.6) is 0 Å². The Morgan fingerprint density at radius 1 is 1.35 bits per heavy atom. The number of nitrogens with zero attached hydrogens (tertiary/aromatic N) is 1. The number of carbonyl (C=O) groups excluding carboxylic acids is 2. The summed E-state index contributed by atoms with van der Waals surface area (Å²) in [6.45, 7) is 6.42. The molecule has 2 amide bonds. The van der Waals surface area contributed by atoms with Crippen LogP contribution < -0.4 is 10.2 Å². The summed E-state index contributed by atoms with van der Waals surface area (Å²) in [7, 11) is 0. The van der Waals surface area contributed by atoms with Crippen molar-refractivity contribution >= 4 is 33.4 Å². The highest BCUT2D eigenvalue weighted by molar-refractivity contribution is 9.10. The van der Waals surface area contributed by atoms with E-state index in [4.69, 9.17) is 0 Å². The SMILES string of the molecule is CCCC(=O)NCCN(C(C)=O)c1ccc(C)c(Br)c1. The highest BCUT2D eigenvalue weighted by Crippen LogP contribution is 2.23.